The quantitative estimate of drug-likeness (QED) is 0.368. The van der Waals surface area contributed by atoms with E-state index in [-0.39, 0.29) is 31.3 Å². The van der Waals surface area contributed by atoms with Crippen molar-refractivity contribution >= 4 is 29.2 Å². The van der Waals surface area contributed by atoms with Crippen LogP contribution in [0.1, 0.15) is 55.8 Å². The van der Waals surface area contributed by atoms with Crippen LogP contribution < -0.4 is 20.4 Å². The third-order valence-electron chi connectivity index (χ3n) is 8.96. The zero-order valence-corrected chi connectivity index (χ0v) is 23.2. The van der Waals surface area contributed by atoms with E-state index in [0.717, 1.165) is 69.1 Å². The van der Waals surface area contributed by atoms with E-state index in [1.54, 1.807) is 0 Å². The van der Waals surface area contributed by atoms with Gasteiger partial charge in [-0.15, -0.1) is 0 Å². The largest absolute Gasteiger partial charge is 0.392 e. The predicted octanol–water partition coefficient (Wildman–Crippen LogP) is 3.19. The van der Waals surface area contributed by atoms with Crippen molar-refractivity contribution in [2.24, 2.45) is 5.41 Å². The number of aliphatic hydroxyl groups is 2. The van der Waals surface area contributed by atoms with Gasteiger partial charge in [-0.3, -0.25) is 4.79 Å². The first kappa shape index (κ1) is 27.0. The van der Waals surface area contributed by atoms with Crippen LogP contribution in [0, 0.1) is 5.41 Å². The zero-order valence-electron chi connectivity index (χ0n) is 23.2. The lowest BCUT2D eigenvalue weighted by Gasteiger charge is -2.35. The normalized spacial score (nSPS) is 23.5. The minimum atomic E-state index is -0.217. The summed E-state index contributed by atoms with van der Waals surface area (Å²) in [6.07, 6.45) is 6.58. The van der Waals surface area contributed by atoms with Gasteiger partial charge in [0.05, 0.1) is 31.5 Å². The molecule has 1 spiro atoms. The molecule has 4 fully saturated rings. The van der Waals surface area contributed by atoms with Crippen molar-refractivity contribution in [3.63, 3.8) is 0 Å². The summed E-state index contributed by atoms with van der Waals surface area (Å²) in [4.78, 5) is 27.7. The highest BCUT2D eigenvalue weighted by molar-refractivity contribution is 6.07. The SMILES string of the molecule is C[C@@H]1CN(c2cccc(NC(=O)c3ccc(NC4CC(=C(CO)CO)C4)nc3N3CCC4(CC3)CC4)n2)CCO1. The maximum atomic E-state index is 13.6. The van der Waals surface area contributed by atoms with Gasteiger partial charge in [0.1, 0.15) is 23.3 Å². The predicted molar refractivity (Wildman–Crippen MR) is 155 cm³/mol. The molecule has 0 radical (unpaired) electrons. The Hall–Kier alpha value is -3.21. The highest BCUT2D eigenvalue weighted by Crippen LogP contribution is 2.54. The molecule has 2 saturated heterocycles. The summed E-state index contributed by atoms with van der Waals surface area (Å²) in [6.45, 7) is 5.83. The van der Waals surface area contributed by atoms with Crippen LogP contribution in [0.5, 0.6) is 0 Å². The second kappa shape index (κ2) is 11.3. The van der Waals surface area contributed by atoms with Gasteiger partial charge in [0.2, 0.25) is 0 Å². The van der Waals surface area contributed by atoms with Crippen molar-refractivity contribution in [1.29, 1.82) is 0 Å². The highest BCUT2D eigenvalue weighted by Gasteiger charge is 2.45. The van der Waals surface area contributed by atoms with E-state index in [4.69, 9.17) is 14.7 Å². The number of aliphatic hydroxyl groups excluding tert-OH is 2. The first-order valence-corrected chi connectivity index (χ1v) is 14.5. The molecular weight excluding hydrogens is 508 g/mol. The Labute approximate surface area is 235 Å². The van der Waals surface area contributed by atoms with Gasteiger partial charge in [-0.05, 0) is 80.7 Å². The number of hydrogen-bond donors (Lipinski definition) is 4. The Balaban J connectivity index is 1.19. The van der Waals surface area contributed by atoms with Gasteiger partial charge in [0, 0.05) is 32.2 Å². The fourth-order valence-corrected chi connectivity index (χ4v) is 6.10. The Morgan fingerprint density at radius 2 is 1.77 bits per heavy atom. The average molecular weight is 549 g/mol. The third-order valence-corrected chi connectivity index (χ3v) is 8.96. The number of rotatable bonds is 8. The number of morpholine rings is 1. The molecule has 10 heteroatoms. The van der Waals surface area contributed by atoms with Gasteiger partial charge in [0.15, 0.2) is 0 Å². The van der Waals surface area contributed by atoms with Crippen molar-refractivity contribution in [3.8, 4) is 0 Å². The molecule has 6 rings (SSSR count). The molecule has 4 N–H and O–H groups in total. The van der Waals surface area contributed by atoms with Crippen molar-refractivity contribution in [2.45, 2.75) is 57.6 Å². The highest BCUT2D eigenvalue weighted by atomic mass is 16.5. The van der Waals surface area contributed by atoms with Crippen LogP contribution in [0.25, 0.3) is 0 Å². The molecular formula is C30H40N6O4. The number of amides is 1. The Morgan fingerprint density at radius 3 is 2.48 bits per heavy atom. The summed E-state index contributed by atoms with van der Waals surface area (Å²) in [5.41, 5.74) is 2.87. The fourth-order valence-electron chi connectivity index (χ4n) is 6.10. The monoisotopic (exact) mass is 548 g/mol. The molecule has 10 nitrogen and oxygen atoms in total. The van der Waals surface area contributed by atoms with Crippen molar-refractivity contribution in [1.82, 2.24) is 9.97 Å². The third kappa shape index (κ3) is 5.80. The molecule has 2 aliphatic heterocycles. The number of piperidine rings is 1. The Morgan fingerprint density at radius 1 is 1.00 bits per heavy atom. The number of hydrogen-bond acceptors (Lipinski definition) is 9. The molecule has 2 saturated carbocycles. The molecule has 2 aromatic rings. The number of carbonyl (C=O) groups excluding carboxylic acids is 1. The number of aromatic nitrogens is 2. The summed E-state index contributed by atoms with van der Waals surface area (Å²) >= 11 is 0. The number of nitrogens with zero attached hydrogens (tertiary/aromatic N) is 4. The summed E-state index contributed by atoms with van der Waals surface area (Å²) in [6, 6.07) is 9.62. The standard InChI is InChI=1S/C30H40N6O4/c1-20-17-36(13-14-40-20)27-4-2-3-25(32-27)34-29(39)24-5-6-26(31-23-15-21(16-23)22(18-37)19-38)33-28(24)35-11-9-30(7-8-30)10-12-35/h2-6,20,23,37-38H,7-19H2,1H3,(H,31,33)(H,32,34,39)/t20-/m1/s1. The molecule has 1 amide bonds. The van der Waals surface area contributed by atoms with Crippen LogP contribution in [-0.2, 0) is 4.74 Å². The van der Waals surface area contributed by atoms with Gasteiger partial charge in [-0.1, -0.05) is 11.6 Å². The summed E-state index contributed by atoms with van der Waals surface area (Å²) < 4.78 is 5.66. The number of carbonyl (C=O) groups is 1. The van der Waals surface area contributed by atoms with E-state index in [9.17, 15) is 15.0 Å². The van der Waals surface area contributed by atoms with Crippen LogP contribution in [0.3, 0.4) is 0 Å². The number of anilines is 4. The first-order chi connectivity index (χ1) is 19.4. The topological polar surface area (TPSA) is 123 Å². The fraction of sp³-hybridized carbons (Fsp3) is 0.567. The molecule has 0 aromatic carbocycles. The second-order valence-corrected chi connectivity index (χ2v) is 11.8. The molecule has 1 atom stereocenters. The van der Waals surface area contributed by atoms with Gasteiger partial charge in [0.25, 0.3) is 5.91 Å². The van der Waals surface area contributed by atoms with Crippen LogP contribution in [0.2, 0.25) is 0 Å². The van der Waals surface area contributed by atoms with E-state index in [0.29, 0.717) is 34.8 Å². The van der Waals surface area contributed by atoms with E-state index in [2.05, 4.69) is 27.4 Å². The van der Waals surface area contributed by atoms with Crippen LogP contribution in [0.4, 0.5) is 23.3 Å². The maximum absolute atomic E-state index is 13.6. The van der Waals surface area contributed by atoms with Crippen molar-refractivity contribution in [3.05, 3.63) is 47.0 Å². The van der Waals surface area contributed by atoms with Crippen molar-refractivity contribution < 1.29 is 19.7 Å². The summed E-state index contributed by atoms with van der Waals surface area (Å²) in [7, 11) is 0. The minimum absolute atomic E-state index is 0.107. The number of pyridine rings is 2. The molecule has 40 heavy (non-hydrogen) atoms. The summed E-state index contributed by atoms with van der Waals surface area (Å²) in [5.74, 6) is 2.57. The lowest BCUT2D eigenvalue weighted by atomic mass is 9.83. The van der Waals surface area contributed by atoms with Crippen LogP contribution in [-0.4, -0.2) is 84.2 Å². The molecule has 214 valence electrons. The van der Waals surface area contributed by atoms with E-state index in [1.165, 1.54) is 12.8 Å². The van der Waals surface area contributed by atoms with Gasteiger partial charge >= 0.3 is 0 Å². The minimum Gasteiger partial charge on any atom is -0.392 e. The Kier molecular flexibility index (Phi) is 7.65. The molecule has 4 aliphatic rings. The second-order valence-electron chi connectivity index (χ2n) is 11.8. The maximum Gasteiger partial charge on any atom is 0.260 e. The molecule has 2 aromatic heterocycles. The summed E-state index contributed by atoms with van der Waals surface area (Å²) in [5, 5.41) is 25.4. The van der Waals surface area contributed by atoms with E-state index < -0.39 is 0 Å². The molecule has 4 heterocycles. The molecule has 0 unspecified atom stereocenters. The molecule has 2 aliphatic carbocycles. The van der Waals surface area contributed by atoms with Gasteiger partial charge in [-0.2, -0.15) is 0 Å². The lowest BCUT2D eigenvalue weighted by Crippen LogP contribution is -2.41. The Bertz CT molecular complexity index is 1250. The van der Waals surface area contributed by atoms with Gasteiger partial charge in [-0.25, -0.2) is 9.97 Å². The van der Waals surface area contributed by atoms with Gasteiger partial charge < -0.3 is 35.4 Å². The van der Waals surface area contributed by atoms with E-state index in [1.807, 2.05) is 30.3 Å². The van der Waals surface area contributed by atoms with E-state index >= 15 is 0 Å². The van der Waals surface area contributed by atoms with Crippen LogP contribution >= 0.6 is 0 Å². The molecule has 0 bridgehead atoms. The first-order valence-electron chi connectivity index (χ1n) is 14.5. The lowest BCUT2D eigenvalue weighted by molar-refractivity contribution is 0.0529. The number of ether oxygens (including phenoxy) is 1. The average Bonchev–Trinajstić information content (AvgIpc) is 3.71. The number of nitrogens with one attached hydrogen (secondary N) is 2. The van der Waals surface area contributed by atoms with Crippen molar-refractivity contribution in [2.75, 3.05) is 66.4 Å². The zero-order chi connectivity index (χ0) is 27.7. The van der Waals surface area contributed by atoms with Crippen LogP contribution in [0.15, 0.2) is 41.5 Å². The smallest absolute Gasteiger partial charge is 0.260 e.